The zero-order valence-electron chi connectivity index (χ0n) is 6.22. The summed E-state index contributed by atoms with van der Waals surface area (Å²) >= 11 is 0. The molecule has 0 bridgehead atoms. The molecule has 2 heteroatoms. The summed E-state index contributed by atoms with van der Waals surface area (Å²) in [5.41, 5.74) is 1.14. The van der Waals surface area contributed by atoms with E-state index in [1.807, 2.05) is 6.08 Å². The van der Waals surface area contributed by atoms with Gasteiger partial charge in [-0.25, -0.2) is 0 Å². The maximum absolute atomic E-state index is 9.05. The van der Waals surface area contributed by atoms with Crippen molar-refractivity contribution in [3.63, 3.8) is 0 Å². The van der Waals surface area contributed by atoms with E-state index in [-0.39, 0.29) is 0 Å². The Labute approximate surface area is 61.3 Å². The van der Waals surface area contributed by atoms with Gasteiger partial charge in [-0.1, -0.05) is 0 Å². The lowest BCUT2D eigenvalue weighted by Gasteiger charge is -2.11. The van der Waals surface area contributed by atoms with Gasteiger partial charge in [0.1, 0.15) is 5.76 Å². The van der Waals surface area contributed by atoms with E-state index in [1.54, 1.807) is 6.08 Å². The second-order valence-electron chi connectivity index (χ2n) is 2.37. The highest BCUT2D eigenvalue weighted by atomic mass is 16.3. The number of hydrogen-bond acceptors (Lipinski definition) is 2. The van der Waals surface area contributed by atoms with Gasteiger partial charge < -0.3 is 10.4 Å². The molecule has 0 saturated carbocycles. The van der Waals surface area contributed by atoms with Crippen LogP contribution in [0.5, 0.6) is 0 Å². The third kappa shape index (κ3) is 1.79. The fourth-order valence-electron chi connectivity index (χ4n) is 1.05. The molecular weight excluding hydrogens is 126 g/mol. The Morgan fingerprint density at radius 3 is 3.10 bits per heavy atom. The molecule has 1 rings (SSSR count). The zero-order valence-corrected chi connectivity index (χ0v) is 6.22. The highest BCUT2D eigenvalue weighted by Crippen LogP contribution is 2.12. The van der Waals surface area contributed by atoms with Gasteiger partial charge in [0.2, 0.25) is 0 Å². The van der Waals surface area contributed by atoms with Crippen molar-refractivity contribution in [2.75, 3.05) is 6.54 Å². The molecule has 0 amide bonds. The third-order valence-corrected chi connectivity index (χ3v) is 1.49. The maximum atomic E-state index is 9.05. The number of nitrogens with one attached hydrogen (secondary N) is 1. The van der Waals surface area contributed by atoms with Crippen molar-refractivity contribution in [3.05, 3.63) is 23.6 Å². The Bertz CT molecular complexity index is 170. The van der Waals surface area contributed by atoms with Crippen LogP contribution in [0.25, 0.3) is 0 Å². The van der Waals surface area contributed by atoms with Crippen LogP contribution in [0.4, 0.5) is 0 Å². The lowest BCUT2D eigenvalue weighted by Crippen LogP contribution is -2.13. The molecule has 0 heterocycles. The van der Waals surface area contributed by atoms with Gasteiger partial charge in [0.15, 0.2) is 0 Å². The largest absolute Gasteiger partial charge is 0.508 e. The van der Waals surface area contributed by atoms with Gasteiger partial charge in [-0.15, -0.1) is 0 Å². The average Bonchev–Trinajstić information content (AvgIpc) is 1.88. The van der Waals surface area contributed by atoms with E-state index in [0.29, 0.717) is 5.76 Å². The van der Waals surface area contributed by atoms with Crippen LogP contribution in [-0.2, 0) is 0 Å². The van der Waals surface area contributed by atoms with Gasteiger partial charge in [0, 0.05) is 12.2 Å². The fourth-order valence-corrected chi connectivity index (χ4v) is 1.05. The maximum Gasteiger partial charge on any atom is 0.113 e. The molecular formula is C8H13NO. The van der Waals surface area contributed by atoms with Gasteiger partial charge in [-0.2, -0.15) is 0 Å². The summed E-state index contributed by atoms with van der Waals surface area (Å²) in [6, 6.07) is 0. The van der Waals surface area contributed by atoms with Crippen molar-refractivity contribution < 1.29 is 5.11 Å². The molecule has 0 aromatic heterocycles. The predicted octanol–water partition coefficient (Wildman–Crippen LogP) is 1.72. The van der Waals surface area contributed by atoms with Crippen LogP contribution in [0.1, 0.15) is 19.8 Å². The lowest BCUT2D eigenvalue weighted by atomic mass is 10.1. The number of aliphatic hydroxyl groups excluding tert-OH is 1. The molecule has 0 spiro atoms. The second-order valence-corrected chi connectivity index (χ2v) is 2.37. The summed E-state index contributed by atoms with van der Waals surface area (Å²) in [7, 11) is 0. The van der Waals surface area contributed by atoms with E-state index >= 15 is 0 Å². The Hall–Kier alpha value is -0.920. The van der Waals surface area contributed by atoms with Crippen LogP contribution >= 0.6 is 0 Å². The highest BCUT2D eigenvalue weighted by molar-refractivity contribution is 5.21. The van der Waals surface area contributed by atoms with Crippen LogP contribution in [0.15, 0.2) is 23.6 Å². The highest BCUT2D eigenvalue weighted by Gasteiger charge is 2.01. The van der Waals surface area contributed by atoms with E-state index in [1.165, 1.54) is 0 Å². The first kappa shape index (κ1) is 7.19. The smallest absolute Gasteiger partial charge is 0.113 e. The first-order valence-corrected chi connectivity index (χ1v) is 3.66. The number of rotatable bonds is 2. The molecule has 0 unspecified atom stereocenters. The van der Waals surface area contributed by atoms with E-state index < -0.39 is 0 Å². The molecule has 2 nitrogen and oxygen atoms in total. The summed E-state index contributed by atoms with van der Waals surface area (Å²) in [4.78, 5) is 0. The second kappa shape index (κ2) is 3.30. The van der Waals surface area contributed by atoms with Gasteiger partial charge in [0.25, 0.3) is 0 Å². The van der Waals surface area contributed by atoms with Crippen molar-refractivity contribution in [1.29, 1.82) is 0 Å². The quantitative estimate of drug-likeness (QED) is 0.610. The summed E-state index contributed by atoms with van der Waals surface area (Å²) < 4.78 is 0. The first-order valence-electron chi connectivity index (χ1n) is 3.66. The SMILES string of the molecule is CCNC1=CC(O)=CCC1. The molecule has 10 heavy (non-hydrogen) atoms. The first-order chi connectivity index (χ1) is 4.83. The molecule has 0 aliphatic heterocycles. The van der Waals surface area contributed by atoms with E-state index in [0.717, 1.165) is 25.1 Å². The molecule has 0 saturated heterocycles. The average molecular weight is 139 g/mol. The lowest BCUT2D eigenvalue weighted by molar-refractivity contribution is 0.423. The Morgan fingerprint density at radius 1 is 1.70 bits per heavy atom. The minimum absolute atomic E-state index is 0.391. The number of hydrogen-bond donors (Lipinski definition) is 2. The third-order valence-electron chi connectivity index (χ3n) is 1.49. The Morgan fingerprint density at radius 2 is 2.50 bits per heavy atom. The van der Waals surface area contributed by atoms with Crippen molar-refractivity contribution in [3.8, 4) is 0 Å². The van der Waals surface area contributed by atoms with Crippen molar-refractivity contribution >= 4 is 0 Å². The normalized spacial score (nSPS) is 17.7. The summed E-state index contributed by atoms with van der Waals surface area (Å²) in [6.07, 6.45) is 5.59. The molecule has 56 valence electrons. The standard InChI is InChI=1S/C8H13NO/c1-2-9-7-4-3-5-8(10)6-7/h5-6,9-10H,2-4H2,1H3. The number of aliphatic hydroxyl groups is 1. The minimum atomic E-state index is 0.391. The van der Waals surface area contributed by atoms with E-state index in [4.69, 9.17) is 5.11 Å². The Balaban J connectivity index is 2.51. The van der Waals surface area contributed by atoms with Crippen LogP contribution < -0.4 is 5.32 Å². The van der Waals surface area contributed by atoms with Crippen molar-refractivity contribution in [2.45, 2.75) is 19.8 Å². The van der Waals surface area contributed by atoms with Gasteiger partial charge in [-0.3, -0.25) is 0 Å². The monoisotopic (exact) mass is 139 g/mol. The van der Waals surface area contributed by atoms with Crippen LogP contribution in [0, 0.1) is 0 Å². The molecule has 2 N–H and O–H groups in total. The van der Waals surface area contributed by atoms with Gasteiger partial charge in [0.05, 0.1) is 0 Å². The van der Waals surface area contributed by atoms with Crippen molar-refractivity contribution in [1.82, 2.24) is 5.32 Å². The van der Waals surface area contributed by atoms with Crippen LogP contribution in [-0.4, -0.2) is 11.7 Å². The predicted molar refractivity (Wildman–Crippen MR) is 41.7 cm³/mol. The van der Waals surface area contributed by atoms with E-state index in [2.05, 4.69) is 12.2 Å². The molecule has 0 fully saturated rings. The molecule has 0 atom stereocenters. The minimum Gasteiger partial charge on any atom is -0.508 e. The summed E-state index contributed by atoms with van der Waals surface area (Å²) in [5.74, 6) is 0.391. The van der Waals surface area contributed by atoms with Crippen molar-refractivity contribution in [2.24, 2.45) is 0 Å². The molecule has 0 aromatic carbocycles. The zero-order chi connectivity index (χ0) is 7.40. The topological polar surface area (TPSA) is 32.3 Å². The summed E-state index contributed by atoms with van der Waals surface area (Å²) in [6.45, 7) is 2.98. The molecule has 0 aromatic rings. The molecule has 0 radical (unpaired) electrons. The Kier molecular flexibility index (Phi) is 2.37. The van der Waals surface area contributed by atoms with Gasteiger partial charge in [-0.05, 0) is 31.9 Å². The van der Waals surface area contributed by atoms with E-state index in [9.17, 15) is 0 Å². The van der Waals surface area contributed by atoms with Crippen LogP contribution in [0.3, 0.4) is 0 Å². The van der Waals surface area contributed by atoms with Crippen LogP contribution in [0.2, 0.25) is 0 Å². The van der Waals surface area contributed by atoms with Gasteiger partial charge >= 0.3 is 0 Å². The summed E-state index contributed by atoms with van der Waals surface area (Å²) in [5, 5.41) is 12.2. The number of allylic oxidation sites excluding steroid dienone is 3. The molecule has 1 aliphatic rings. The fraction of sp³-hybridized carbons (Fsp3) is 0.500. The molecule has 1 aliphatic carbocycles.